The third kappa shape index (κ3) is 3.35. The van der Waals surface area contributed by atoms with Crippen molar-refractivity contribution in [2.75, 3.05) is 31.7 Å². The third-order valence-electron chi connectivity index (χ3n) is 6.25. The van der Waals surface area contributed by atoms with Crippen molar-refractivity contribution in [2.24, 2.45) is 11.7 Å². The number of pyridine rings is 1. The zero-order chi connectivity index (χ0) is 21.7. The van der Waals surface area contributed by atoms with E-state index in [4.69, 9.17) is 10.5 Å². The van der Waals surface area contributed by atoms with E-state index < -0.39 is 35.0 Å². The van der Waals surface area contributed by atoms with Crippen LogP contribution in [0.4, 0.5) is 14.5 Å². The lowest BCUT2D eigenvalue weighted by atomic mass is 10.0. The summed E-state index contributed by atoms with van der Waals surface area (Å²) in [5.74, 6) is -1.89. The standard InChI is InChI=1S/C21H25F2N3O4/c1-10-18-12(20(27)13(21(28)29)8-26(18)17-6-14(17)22)5-15(23)19(10)25-7-11(3-4-30-2)16(24)9-25/h5,8,11,14,16-17H,3-4,6-7,9,24H2,1-2H3,(H,28,29). The number of halogens is 2. The quantitative estimate of drug-likeness (QED) is 0.742. The number of benzene rings is 1. The van der Waals surface area contributed by atoms with Gasteiger partial charge in [0.1, 0.15) is 17.6 Å². The molecule has 7 nitrogen and oxygen atoms in total. The van der Waals surface area contributed by atoms with E-state index in [-0.39, 0.29) is 23.8 Å². The van der Waals surface area contributed by atoms with Gasteiger partial charge in [-0.05, 0) is 30.9 Å². The number of rotatable bonds is 6. The lowest BCUT2D eigenvalue weighted by molar-refractivity contribution is 0.0694. The highest BCUT2D eigenvalue weighted by Crippen LogP contribution is 2.43. The zero-order valence-corrected chi connectivity index (χ0v) is 16.9. The van der Waals surface area contributed by atoms with Crippen LogP contribution >= 0.6 is 0 Å². The lowest BCUT2D eigenvalue weighted by Gasteiger charge is -2.24. The lowest BCUT2D eigenvalue weighted by Crippen LogP contribution is -2.30. The van der Waals surface area contributed by atoms with Gasteiger partial charge in [-0.3, -0.25) is 4.79 Å². The molecule has 0 spiro atoms. The molecule has 0 bridgehead atoms. The number of alkyl halides is 1. The molecule has 2 fully saturated rings. The first-order valence-corrected chi connectivity index (χ1v) is 9.99. The number of aromatic nitrogens is 1. The Kier molecular flexibility index (Phi) is 5.27. The van der Waals surface area contributed by atoms with Crippen molar-refractivity contribution in [3.05, 3.63) is 39.4 Å². The number of anilines is 1. The van der Waals surface area contributed by atoms with Gasteiger partial charge in [0.2, 0.25) is 5.43 Å². The predicted octanol–water partition coefficient (Wildman–Crippen LogP) is 2.23. The molecule has 162 valence electrons. The molecular formula is C21H25F2N3O4. The summed E-state index contributed by atoms with van der Waals surface area (Å²) in [5, 5.41) is 9.33. The first-order chi connectivity index (χ1) is 14.2. The van der Waals surface area contributed by atoms with Crippen LogP contribution in [0.1, 0.15) is 34.8 Å². The van der Waals surface area contributed by atoms with E-state index in [1.165, 1.54) is 10.8 Å². The van der Waals surface area contributed by atoms with Crippen LogP contribution in [0.25, 0.3) is 10.9 Å². The first-order valence-electron chi connectivity index (χ1n) is 9.99. The second-order valence-corrected chi connectivity index (χ2v) is 8.24. The molecule has 2 aromatic rings. The molecule has 1 saturated heterocycles. The highest BCUT2D eigenvalue weighted by Gasteiger charge is 2.41. The largest absolute Gasteiger partial charge is 0.477 e. The molecule has 30 heavy (non-hydrogen) atoms. The number of hydrogen-bond donors (Lipinski definition) is 2. The van der Waals surface area contributed by atoms with Crippen LogP contribution in [0.3, 0.4) is 0 Å². The van der Waals surface area contributed by atoms with Crippen molar-refractivity contribution >= 4 is 22.6 Å². The van der Waals surface area contributed by atoms with Crippen molar-refractivity contribution in [2.45, 2.75) is 38.0 Å². The molecular weight excluding hydrogens is 396 g/mol. The molecule has 4 unspecified atom stereocenters. The molecule has 1 aromatic carbocycles. The van der Waals surface area contributed by atoms with Gasteiger partial charge in [-0.25, -0.2) is 13.6 Å². The van der Waals surface area contributed by atoms with Crippen LogP contribution in [-0.4, -0.2) is 54.7 Å². The van der Waals surface area contributed by atoms with E-state index in [1.807, 2.05) is 4.90 Å². The third-order valence-corrected chi connectivity index (χ3v) is 6.25. The Hall–Kier alpha value is -2.52. The second-order valence-electron chi connectivity index (χ2n) is 8.24. The molecule has 0 radical (unpaired) electrons. The van der Waals surface area contributed by atoms with Crippen molar-refractivity contribution in [1.29, 1.82) is 0 Å². The van der Waals surface area contributed by atoms with Gasteiger partial charge in [-0.2, -0.15) is 0 Å². The minimum Gasteiger partial charge on any atom is -0.477 e. The molecule has 1 aromatic heterocycles. The number of aromatic carboxylic acids is 1. The Labute approximate surface area is 172 Å². The molecule has 4 atom stereocenters. The average molecular weight is 421 g/mol. The number of ether oxygens (including phenoxy) is 1. The maximum Gasteiger partial charge on any atom is 0.341 e. The predicted molar refractivity (Wildman–Crippen MR) is 109 cm³/mol. The van der Waals surface area contributed by atoms with Crippen LogP contribution in [0.15, 0.2) is 17.1 Å². The molecule has 1 saturated carbocycles. The Morgan fingerprint density at radius 2 is 2.10 bits per heavy atom. The summed E-state index contributed by atoms with van der Waals surface area (Å²) >= 11 is 0. The number of carbonyl (C=O) groups is 1. The summed E-state index contributed by atoms with van der Waals surface area (Å²) in [6, 6.07) is 0.371. The van der Waals surface area contributed by atoms with Crippen molar-refractivity contribution in [3.8, 4) is 0 Å². The fourth-order valence-electron chi connectivity index (χ4n) is 4.57. The van der Waals surface area contributed by atoms with Crippen molar-refractivity contribution < 1.29 is 23.4 Å². The summed E-state index contributed by atoms with van der Waals surface area (Å²) in [6.07, 6.45) is 1.05. The number of hydrogen-bond acceptors (Lipinski definition) is 5. The smallest absolute Gasteiger partial charge is 0.341 e. The number of carboxylic acid groups (broad SMARTS) is 1. The number of fused-ring (bicyclic) bond motifs is 1. The van der Waals surface area contributed by atoms with Gasteiger partial charge in [-0.1, -0.05) is 0 Å². The molecule has 0 amide bonds. The van der Waals surface area contributed by atoms with Gasteiger partial charge in [-0.15, -0.1) is 0 Å². The van der Waals surface area contributed by atoms with Crippen molar-refractivity contribution in [3.63, 3.8) is 0 Å². The molecule has 4 rings (SSSR count). The Balaban J connectivity index is 1.86. The van der Waals surface area contributed by atoms with Crippen molar-refractivity contribution in [1.82, 2.24) is 4.57 Å². The Morgan fingerprint density at radius 1 is 1.40 bits per heavy atom. The van der Waals surface area contributed by atoms with E-state index in [2.05, 4.69) is 0 Å². The zero-order valence-electron chi connectivity index (χ0n) is 16.9. The van der Waals surface area contributed by atoms with Crippen LogP contribution in [0.5, 0.6) is 0 Å². The first kappa shape index (κ1) is 20.7. The maximum atomic E-state index is 15.2. The van der Waals surface area contributed by atoms with Crippen LogP contribution in [-0.2, 0) is 4.74 Å². The van der Waals surface area contributed by atoms with E-state index >= 15 is 4.39 Å². The number of nitrogens with two attached hydrogens (primary N) is 1. The number of aryl methyl sites for hydroxylation is 1. The van der Waals surface area contributed by atoms with E-state index in [9.17, 15) is 19.1 Å². The van der Waals surface area contributed by atoms with E-state index in [0.29, 0.717) is 36.5 Å². The highest BCUT2D eigenvalue weighted by atomic mass is 19.1. The summed E-state index contributed by atoms with van der Waals surface area (Å²) in [6.45, 7) is 3.23. The summed E-state index contributed by atoms with van der Waals surface area (Å²) < 4.78 is 35.7. The summed E-state index contributed by atoms with van der Waals surface area (Å²) in [4.78, 5) is 26.1. The van der Waals surface area contributed by atoms with Gasteiger partial charge >= 0.3 is 5.97 Å². The summed E-state index contributed by atoms with van der Waals surface area (Å²) in [5.41, 5.74) is 6.18. The average Bonchev–Trinajstić information content (AvgIpc) is 3.30. The van der Waals surface area contributed by atoms with Crippen LogP contribution in [0, 0.1) is 18.7 Å². The fourth-order valence-corrected chi connectivity index (χ4v) is 4.57. The Bertz CT molecular complexity index is 1070. The highest BCUT2D eigenvalue weighted by molar-refractivity contribution is 5.95. The topological polar surface area (TPSA) is 97.8 Å². The van der Waals surface area contributed by atoms with Gasteiger partial charge in [0.15, 0.2) is 0 Å². The van der Waals surface area contributed by atoms with E-state index in [0.717, 1.165) is 12.5 Å². The second kappa shape index (κ2) is 7.63. The molecule has 1 aliphatic carbocycles. The number of carboxylic acids is 1. The van der Waals surface area contributed by atoms with Gasteiger partial charge < -0.3 is 25.0 Å². The van der Waals surface area contributed by atoms with Gasteiger partial charge in [0.05, 0.1) is 17.2 Å². The van der Waals surface area contributed by atoms with Gasteiger partial charge in [0.25, 0.3) is 0 Å². The van der Waals surface area contributed by atoms with Gasteiger partial charge in [0, 0.05) is 50.9 Å². The minimum absolute atomic E-state index is 0.0489. The maximum absolute atomic E-state index is 15.2. The molecule has 3 N–H and O–H groups in total. The summed E-state index contributed by atoms with van der Waals surface area (Å²) in [7, 11) is 1.62. The molecule has 9 heteroatoms. The normalized spacial score (nSPS) is 25.8. The molecule has 2 heterocycles. The monoisotopic (exact) mass is 421 g/mol. The minimum atomic E-state index is -1.42. The number of methoxy groups -OCH3 is 1. The van der Waals surface area contributed by atoms with Crippen LogP contribution < -0.4 is 16.1 Å². The molecule has 2 aliphatic rings. The van der Waals surface area contributed by atoms with Crippen LogP contribution in [0.2, 0.25) is 0 Å². The number of nitrogens with zero attached hydrogens (tertiary/aromatic N) is 2. The Morgan fingerprint density at radius 3 is 2.70 bits per heavy atom. The SMILES string of the molecule is COCCC1CN(c2c(F)cc3c(=O)c(C(=O)O)cn(C4CC4F)c3c2C)CC1N. The molecule has 1 aliphatic heterocycles. The van der Waals surface area contributed by atoms with E-state index in [1.54, 1.807) is 14.0 Å². The fraction of sp³-hybridized carbons (Fsp3) is 0.524.